The molecule has 0 atom stereocenters. The SMILES string of the molecule is CCCCOC(=O)C(C)=Cc1ccc(OCc2ccccc2)cc1. The molecular formula is C21H24O3. The average molecular weight is 324 g/mol. The van der Waals surface area contributed by atoms with Gasteiger partial charge in [-0.1, -0.05) is 55.8 Å². The number of rotatable bonds is 8. The molecule has 0 saturated carbocycles. The first-order valence-electron chi connectivity index (χ1n) is 8.31. The number of benzene rings is 2. The summed E-state index contributed by atoms with van der Waals surface area (Å²) in [4.78, 5) is 11.8. The minimum absolute atomic E-state index is 0.257. The van der Waals surface area contributed by atoms with E-state index in [-0.39, 0.29) is 5.97 Å². The number of ether oxygens (including phenoxy) is 2. The topological polar surface area (TPSA) is 35.5 Å². The van der Waals surface area contributed by atoms with Crippen LogP contribution in [0.15, 0.2) is 60.2 Å². The van der Waals surface area contributed by atoms with Crippen LogP contribution >= 0.6 is 0 Å². The third-order valence-corrected chi connectivity index (χ3v) is 3.56. The van der Waals surface area contributed by atoms with Crippen LogP contribution < -0.4 is 4.74 Å². The van der Waals surface area contributed by atoms with E-state index in [4.69, 9.17) is 9.47 Å². The van der Waals surface area contributed by atoms with E-state index in [9.17, 15) is 4.79 Å². The van der Waals surface area contributed by atoms with E-state index in [1.807, 2.05) is 60.7 Å². The van der Waals surface area contributed by atoms with E-state index >= 15 is 0 Å². The van der Waals surface area contributed by atoms with Crippen LogP contribution in [0.1, 0.15) is 37.8 Å². The lowest BCUT2D eigenvalue weighted by Gasteiger charge is -2.07. The van der Waals surface area contributed by atoms with Gasteiger partial charge in [0.05, 0.1) is 6.61 Å². The zero-order valence-electron chi connectivity index (χ0n) is 14.3. The Hall–Kier alpha value is -2.55. The monoisotopic (exact) mass is 324 g/mol. The Labute approximate surface area is 143 Å². The molecule has 0 fully saturated rings. The molecule has 0 heterocycles. The molecule has 2 rings (SSSR count). The van der Waals surface area contributed by atoms with E-state index in [2.05, 4.69) is 6.92 Å². The maximum atomic E-state index is 11.8. The second-order valence-electron chi connectivity index (χ2n) is 5.66. The molecule has 0 amide bonds. The van der Waals surface area contributed by atoms with Gasteiger partial charge in [0.1, 0.15) is 12.4 Å². The van der Waals surface area contributed by atoms with Crippen LogP contribution in [0, 0.1) is 0 Å². The normalized spacial score (nSPS) is 11.2. The molecule has 24 heavy (non-hydrogen) atoms. The number of unbranched alkanes of at least 4 members (excludes halogenated alkanes) is 1. The van der Waals surface area contributed by atoms with Crippen molar-refractivity contribution in [3.8, 4) is 5.75 Å². The zero-order chi connectivity index (χ0) is 17.2. The van der Waals surface area contributed by atoms with Crippen LogP contribution in [-0.4, -0.2) is 12.6 Å². The molecule has 3 heteroatoms. The highest BCUT2D eigenvalue weighted by Crippen LogP contribution is 2.16. The first-order valence-corrected chi connectivity index (χ1v) is 8.31. The van der Waals surface area contributed by atoms with Gasteiger partial charge in [-0.15, -0.1) is 0 Å². The predicted molar refractivity (Wildman–Crippen MR) is 96.7 cm³/mol. The minimum Gasteiger partial charge on any atom is -0.489 e. The third kappa shape index (κ3) is 5.92. The summed E-state index contributed by atoms with van der Waals surface area (Å²) in [7, 11) is 0. The highest BCUT2D eigenvalue weighted by Gasteiger charge is 2.05. The van der Waals surface area contributed by atoms with Crippen molar-refractivity contribution in [1.29, 1.82) is 0 Å². The average Bonchev–Trinajstić information content (AvgIpc) is 2.62. The predicted octanol–water partition coefficient (Wildman–Crippen LogP) is 5.01. The molecule has 0 aliphatic heterocycles. The molecule has 0 N–H and O–H groups in total. The van der Waals surface area contributed by atoms with Gasteiger partial charge >= 0.3 is 5.97 Å². The Morgan fingerprint density at radius 2 is 1.75 bits per heavy atom. The van der Waals surface area contributed by atoms with E-state index in [0.717, 1.165) is 29.7 Å². The largest absolute Gasteiger partial charge is 0.489 e. The number of esters is 1. The van der Waals surface area contributed by atoms with Crippen molar-refractivity contribution in [2.75, 3.05) is 6.61 Å². The van der Waals surface area contributed by atoms with Crippen molar-refractivity contribution in [2.24, 2.45) is 0 Å². The fourth-order valence-electron chi connectivity index (χ4n) is 2.13. The Morgan fingerprint density at radius 3 is 2.42 bits per heavy atom. The van der Waals surface area contributed by atoms with Crippen LogP contribution in [0.5, 0.6) is 5.75 Å². The smallest absolute Gasteiger partial charge is 0.333 e. The lowest BCUT2D eigenvalue weighted by Crippen LogP contribution is -2.06. The Kier molecular flexibility index (Phi) is 7.09. The van der Waals surface area contributed by atoms with Crippen LogP contribution in [0.3, 0.4) is 0 Å². The van der Waals surface area contributed by atoms with Gasteiger partial charge < -0.3 is 9.47 Å². The van der Waals surface area contributed by atoms with Crippen LogP contribution in [0.4, 0.5) is 0 Å². The Morgan fingerprint density at radius 1 is 1.04 bits per heavy atom. The van der Waals surface area contributed by atoms with E-state index in [1.165, 1.54) is 0 Å². The van der Waals surface area contributed by atoms with Gasteiger partial charge in [-0.25, -0.2) is 4.79 Å². The van der Waals surface area contributed by atoms with Crippen molar-refractivity contribution in [2.45, 2.75) is 33.3 Å². The van der Waals surface area contributed by atoms with Gasteiger partial charge in [0.25, 0.3) is 0 Å². The minimum atomic E-state index is -0.257. The Balaban J connectivity index is 1.89. The van der Waals surface area contributed by atoms with Gasteiger partial charge in [0.2, 0.25) is 0 Å². The summed E-state index contributed by atoms with van der Waals surface area (Å²) in [6, 6.07) is 17.7. The number of carbonyl (C=O) groups is 1. The highest BCUT2D eigenvalue weighted by molar-refractivity contribution is 5.92. The molecule has 0 saturated heterocycles. The zero-order valence-corrected chi connectivity index (χ0v) is 14.3. The van der Waals surface area contributed by atoms with Gasteiger partial charge in [-0.2, -0.15) is 0 Å². The van der Waals surface area contributed by atoms with Crippen molar-refractivity contribution >= 4 is 12.0 Å². The summed E-state index contributed by atoms with van der Waals surface area (Å²) in [5.74, 6) is 0.548. The highest BCUT2D eigenvalue weighted by atomic mass is 16.5. The third-order valence-electron chi connectivity index (χ3n) is 3.56. The fourth-order valence-corrected chi connectivity index (χ4v) is 2.13. The molecule has 2 aromatic rings. The second-order valence-corrected chi connectivity index (χ2v) is 5.66. The van der Waals surface area contributed by atoms with Gasteiger partial charge in [-0.3, -0.25) is 0 Å². The molecule has 126 valence electrons. The van der Waals surface area contributed by atoms with Crippen molar-refractivity contribution < 1.29 is 14.3 Å². The molecule has 0 unspecified atom stereocenters. The van der Waals surface area contributed by atoms with Crippen LogP contribution in [0.25, 0.3) is 6.08 Å². The molecule has 0 bridgehead atoms. The van der Waals surface area contributed by atoms with E-state index < -0.39 is 0 Å². The summed E-state index contributed by atoms with van der Waals surface area (Å²) in [5.41, 5.74) is 2.68. The summed E-state index contributed by atoms with van der Waals surface area (Å²) in [5, 5.41) is 0. The summed E-state index contributed by atoms with van der Waals surface area (Å²) < 4.78 is 10.9. The number of hydrogen-bond acceptors (Lipinski definition) is 3. The number of carbonyl (C=O) groups excluding carboxylic acids is 1. The molecule has 0 aliphatic rings. The van der Waals surface area contributed by atoms with E-state index in [1.54, 1.807) is 6.92 Å². The van der Waals surface area contributed by atoms with Crippen molar-refractivity contribution in [1.82, 2.24) is 0 Å². The van der Waals surface area contributed by atoms with E-state index in [0.29, 0.717) is 18.8 Å². The molecule has 0 radical (unpaired) electrons. The molecule has 2 aromatic carbocycles. The van der Waals surface area contributed by atoms with Gasteiger partial charge in [-0.05, 0) is 42.7 Å². The summed E-state index contributed by atoms with van der Waals surface area (Å²) in [6.45, 7) is 4.86. The van der Waals surface area contributed by atoms with Gasteiger partial charge in [0, 0.05) is 5.57 Å². The Bertz CT molecular complexity index is 657. The van der Waals surface area contributed by atoms with Crippen LogP contribution in [-0.2, 0) is 16.1 Å². The van der Waals surface area contributed by atoms with Crippen molar-refractivity contribution in [3.63, 3.8) is 0 Å². The molecule has 0 aliphatic carbocycles. The first kappa shape index (κ1) is 17.8. The summed E-state index contributed by atoms with van der Waals surface area (Å²) in [6.07, 6.45) is 3.74. The molecule has 0 aromatic heterocycles. The quantitative estimate of drug-likeness (QED) is 0.389. The molecular weight excluding hydrogens is 300 g/mol. The fraction of sp³-hybridized carbons (Fsp3) is 0.286. The summed E-state index contributed by atoms with van der Waals surface area (Å²) >= 11 is 0. The number of hydrogen-bond donors (Lipinski definition) is 0. The van der Waals surface area contributed by atoms with Gasteiger partial charge in [0.15, 0.2) is 0 Å². The van der Waals surface area contributed by atoms with Crippen molar-refractivity contribution in [3.05, 3.63) is 71.3 Å². The molecule has 3 nitrogen and oxygen atoms in total. The first-order chi connectivity index (χ1) is 11.7. The standard InChI is InChI=1S/C21H24O3/c1-3-4-14-23-21(22)17(2)15-18-10-12-20(13-11-18)24-16-19-8-6-5-7-9-19/h5-13,15H,3-4,14,16H2,1-2H3. The maximum Gasteiger partial charge on any atom is 0.333 e. The lowest BCUT2D eigenvalue weighted by atomic mass is 10.1. The van der Waals surface area contributed by atoms with Crippen LogP contribution in [0.2, 0.25) is 0 Å². The second kappa shape index (κ2) is 9.56. The lowest BCUT2D eigenvalue weighted by molar-refractivity contribution is -0.138. The maximum absolute atomic E-state index is 11.8. The molecule has 0 spiro atoms.